The predicted molar refractivity (Wildman–Crippen MR) is 325 cm³/mol. The van der Waals surface area contributed by atoms with Gasteiger partial charge in [-0.3, -0.25) is 81.6 Å². The summed E-state index contributed by atoms with van der Waals surface area (Å²) < 4.78 is 28.8. The van der Waals surface area contributed by atoms with Gasteiger partial charge in [-0.2, -0.15) is 0 Å². The van der Waals surface area contributed by atoms with Crippen molar-refractivity contribution in [2.24, 2.45) is 5.92 Å². The molecule has 0 aromatic rings. The molecule has 0 aromatic heterocycles. The number of carbonyl (C=O) groups is 16. The highest BCUT2D eigenvalue weighted by Crippen LogP contribution is 2.15. The second-order valence-corrected chi connectivity index (χ2v) is 21.5. The first kappa shape index (κ1) is 91.3. The smallest absolute Gasteiger partial charge is 0.306 e. The zero-order chi connectivity index (χ0) is 71.4. The Morgan fingerprint density at radius 3 is 1.00 bits per heavy atom. The summed E-state index contributed by atoms with van der Waals surface area (Å²) in [7, 11) is 0. The van der Waals surface area contributed by atoms with E-state index in [0.29, 0.717) is 38.8 Å². The largest absolute Gasteiger partial charge is 0.481 e. The molecule has 31 nitrogen and oxygen atoms in total. The number of aliphatic carboxylic acids is 8. The lowest BCUT2D eigenvalue weighted by atomic mass is 10.0. The molecular weight excluding hydrogens is 1240 g/mol. The van der Waals surface area contributed by atoms with E-state index >= 15 is 0 Å². The minimum atomic E-state index is -1.11. The van der Waals surface area contributed by atoms with Gasteiger partial charge in [0.25, 0.3) is 0 Å². The molecule has 0 bridgehead atoms. The Hall–Kier alpha value is -8.12. The number of unbranched alkanes of at least 4 members (excludes halogenated alkanes) is 13. The number of ether oxygens (including phenoxy) is 6. The molecule has 0 rings (SSSR count). The molecule has 0 aromatic carbocycles. The Kier molecular flexibility index (Phi) is 60.3. The van der Waals surface area contributed by atoms with Gasteiger partial charge in [-0.15, -0.1) is 0 Å². The van der Waals surface area contributed by atoms with Crippen molar-refractivity contribution in [3.63, 3.8) is 0 Å². The molecule has 93 heavy (non-hydrogen) atoms. The van der Waals surface area contributed by atoms with Crippen molar-refractivity contribution in [2.75, 3.05) is 46.1 Å². The van der Waals surface area contributed by atoms with Crippen LogP contribution in [0.5, 0.6) is 0 Å². The zero-order valence-electron chi connectivity index (χ0n) is 54.3. The summed E-state index contributed by atoms with van der Waals surface area (Å²) in [5.74, 6) is -12.8. The topological polar surface area (TPSA) is 494 Å². The van der Waals surface area contributed by atoms with Crippen molar-refractivity contribution < 1.29 is 146 Å². The number of rotatable bonds is 55. The van der Waals surface area contributed by atoms with E-state index in [1.165, 1.54) is 71.1 Å². The van der Waals surface area contributed by atoms with Gasteiger partial charge in [0.2, 0.25) is 0 Å². The van der Waals surface area contributed by atoms with Crippen LogP contribution >= 0.6 is 0 Å². The fraction of sp³-hybridized carbons (Fsp3) is 0.742. The van der Waals surface area contributed by atoms with Crippen LogP contribution in [0.1, 0.15) is 233 Å². The van der Waals surface area contributed by atoms with Crippen LogP contribution in [-0.2, 0) is 105 Å². The molecule has 3 atom stereocenters. The Balaban J connectivity index is -0.000000598. The van der Waals surface area contributed by atoms with Gasteiger partial charge in [0.1, 0.15) is 43.6 Å². The van der Waals surface area contributed by atoms with E-state index < -0.39 is 95.8 Å². The summed E-state index contributed by atoms with van der Waals surface area (Å²) >= 11 is 0. The molecule has 0 saturated carbocycles. The number of hydrogen-bond donors (Lipinski definition) is 8. The van der Waals surface area contributed by atoms with Crippen LogP contribution in [0.2, 0.25) is 0 Å². The molecule has 0 radical (unpaired) electrons. The number of Topliss-reactive ketones (excluding diaryl/α,β-unsaturated/α-hetero) is 2. The third-order valence-corrected chi connectivity index (χ3v) is 12.5. The van der Waals surface area contributed by atoms with E-state index in [2.05, 4.69) is 26.0 Å². The van der Waals surface area contributed by atoms with Crippen LogP contribution in [-0.4, -0.2) is 199 Å². The Labute approximate surface area is 541 Å². The standard InChI is InChI=1S/C28H51NO7.C13H20O7.C11H16O8.C10H14O8/c1-4-5-6-7-8-9-10-11-12-13-14-15-20-29(21-23(2)25(30)16-17-26(31)32)22-24(3)36-28(35)19-18-27(33)34;14-10(5-6-11(15)16)4-2-1-3-9-20-13(19)8-7-12(17)18;1-7(19-11(17)5-3-9(14)15)6-18-10(16)4-2-8(12)13;11-7(12)1-3-9(15)17-5-6-18-10(16)4-2-8(13)14/h23-24H,4-22H2,1-3H3,(H,31,32)(H,33,34);1-9H2,(H,15,16)(H,17,18);7H,2-6H2,1H3,(H,12,13)(H,14,15);1-6H2,(H,11,12)(H,13,14). The highest BCUT2D eigenvalue weighted by molar-refractivity contribution is 5.84. The van der Waals surface area contributed by atoms with Crippen molar-refractivity contribution in [1.82, 2.24) is 4.90 Å². The molecular formula is C62H101NO30. The SMILES string of the molecule is CC(COC(=O)CCC(=O)O)OC(=O)CCC(=O)O.CCCCCCCCCCCCCCN(CC(C)OC(=O)CCC(=O)O)CC(C)C(=O)CCC(=O)O.O=C(O)CCC(=O)CCCCCOC(=O)CCC(=O)O.O=C(O)CCC(=O)OCCOC(=O)CCC(=O)O. The quantitative estimate of drug-likeness (QED) is 0.0169. The van der Waals surface area contributed by atoms with Gasteiger partial charge < -0.3 is 69.3 Å². The first-order valence-electron chi connectivity index (χ1n) is 31.3. The van der Waals surface area contributed by atoms with Crippen LogP contribution in [0, 0.1) is 5.92 Å². The molecule has 0 amide bonds. The van der Waals surface area contributed by atoms with E-state index in [9.17, 15) is 76.7 Å². The van der Waals surface area contributed by atoms with Crippen LogP contribution in [0.4, 0.5) is 0 Å². The second kappa shape index (κ2) is 61.4. The number of carboxylic acids is 8. The van der Waals surface area contributed by atoms with E-state index in [0.717, 1.165) is 19.4 Å². The fourth-order valence-electron chi connectivity index (χ4n) is 7.62. The van der Waals surface area contributed by atoms with Gasteiger partial charge in [0.05, 0.1) is 96.5 Å². The first-order valence-corrected chi connectivity index (χ1v) is 31.3. The molecule has 534 valence electrons. The fourth-order valence-corrected chi connectivity index (χ4v) is 7.62. The molecule has 0 aliphatic carbocycles. The molecule has 0 aliphatic heterocycles. The van der Waals surface area contributed by atoms with Gasteiger partial charge >= 0.3 is 83.6 Å². The van der Waals surface area contributed by atoms with Gasteiger partial charge in [0, 0.05) is 38.3 Å². The van der Waals surface area contributed by atoms with Crippen molar-refractivity contribution >= 4 is 95.1 Å². The summed E-state index contributed by atoms with van der Waals surface area (Å²) in [4.78, 5) is 175. The number of carboxylic acid groups (broad SMARTS) is 8. The van der Waals surface area contributed by atoms with Crippen LogP contribution in [0.15, 0.2) is 0 Å². The lowest BCUT2D eigenvalue weighted by molar-refractivity contribution is -0.159. The van der Waals surface area contributed by atoms with Crippen molar-refractivity contribution in [1.29, 1.82) is 0 Å². The molecule has 0 aliphatic rings. The highest BCUT2D eigenvalue weighted by atomic mass is 16.6. The summed E-state index contributed by atoms with van der Waals surface area (Å²) in [6.07, 6.45) is 12.9. The predicted octanol–water partition coefficient (Wildman–Crippen LogP) is 7.24. The van der Waals surface area contributed by atoms with Crippen LogP contribution < -0.4 is 0 Å². The molecule has 0 saturated heterocycles. The maximum absolute atomic E-state index is 12.3. The number of carbonyl (C=O) groups excluding carboxylic acids is 8. The molecule has 8 N–H and O–H groups in total. The van der Waals surface area contributed by atoms with Crippen molar-refractivity contribution in [3.05, 3.63) is 0 Å². The number of ketones is 2. The van der Waals surface area contributed by atoms with Gasteiger partial charge in [0.15, 0.2) is 0 Å². The molecule has 0 fully saturated rings. The third-order valence-electron chi connectivity index (χ3n) is 12.5. The minimum Gasteiger partial charge on any atom is -0.481 e. The van der Waals surface area contributed by atoms with Gasteiger partial charge in [-0.1, -0.05) is 84.5 Å². The average Bonchev–Trinajstić information content (AvgIpc) is 1.93. The van der Waals surface area contributed by atoms with Gasteiger partial charge in [-0.25, -0.2) is 0 Å². The summed E-state index contributed by atoms with van der Waals surface area (Å²) in [5.41, 5.74) is 0. The highest BCUT2D eigenvalue weighted by Gasteiger charge is 2.22. The Morgan fingerprint density at radius 1 is 0.301 bits per heavy atom. The lowest BCUT2D eigenvalue weighted by Gasteiger charge is -2.28. The normalized spacial score (nSPS) is 11.3. The zero-order valence-corrected chi connectivity index (χ0v) is 54.3. The summed E-state index contributed by atoms with van der Waals surface area (Å²) in [5, 5.41) is 67.6. The number of esters is 6. The summed E-state index contributed by atoms with van der Waals surface area (Å²) in [6.45, 7) is 8.64. The maximum Gasteiger partial charge on any atom is 0.306 e. The Morgan fingerprint density at radius 2 is 0.613 bits per heavy atom. The maximum atomic E-state index is 12.3. The van der Waals surface area contributed by atoms with E-state index in [-0.39, 0.29) is 147 Å². The second-order valence-electron chi connectivity index (χ2n) is 21.5. The summed E-state index contributed by atoms with van der Waals surface area (Å²) in [6, 6.07) is 0. The van der Waals surface area contributed by atoms with Crippen LogP contribution in [0.3, 0.4) is 0 Å². The van der Waals surface area contributed by atoms with Crippen LogP contribution in [0.25, 0.3) is 0 Å². The van der Waals surface area contributed by atoms with E-state index in [1.807, 2.05) is 6.92 Å². The lowest BCUT2D eigenvalue weighted by Crippen LogP contribution is -2.38. The minimum absolute atomic E-state index is 0.0165. The average molecular weight is 1340 g/mol. The van der Waals surface area contributed by atoms with Crippen molar-refractivity contribution in [3.8, 4) is 0 Å². The molecule has 0 heterocycles. The van der Waals surface area contributed by atoms with Crippen molar-refractivity contribution in [2.45, 2.75) is 245 Å². The Bertz CT molecular complexity index is 2180. The monoisotopic (exact) mass is 1340 g/mol. The first-order chi connectivity index (χ1) is 43.8. The number of nitrogens with zero attached hydrogens (tertiary/aromatic N) is 1. The van der Waals surface area contributed by atoms with Gasteiger partial charge in [-0.05, 0) is 46.1 Å². The molecule has 3 unspecified atom stereocenters. The van der Waals surface area contributed by atoms with E-state index in [4.69, 9.17) is 55.1 Å². The molecule has 0 spiro atoms. The van der Waals surface area contributed by atoms with E-state index in [1.54, 1.807) is 6.92 Å². The third kappa shape index (κ3) is 74.5. The number of hydrogen-bond acceptors (Lipinski definition) is 23. The molecule has 31 heteroatoms.